The number of carbonyl (C=O) groups excluding carboxylic acids is 1. The summed E-state index contributed by atoms with van der Waals surface area (Å²) in [6.07, 6.45) is 10.7. The second-order valence-electron chi connectivity index (χ2n) is 5.29. The van der Waals surface area contributed by atoms with Crippen LogP contribution in [0.25, 0.3) is 0 Å². The van der Waals surface area contributed by atoms with Gasteiger partial charge in [-0.1, -0.05) is 18.6 Å². The summed E-state index contributed by atoms with van der Waals surface area (Å²) in [5.74, 6) is -0.146. The summed E-state index contributed by atoms with van der Waals surface area (Å²) in [5, 5.41) is 0. The minimum absolute atomic E-state index is 0.146. The number of ether oxygens (including phenoxy) is 1. The van der Waals surface area contributed by atoms with Crippen molar-refractivity contribution < 1.29 is 9.53 Å². The van der Waals surface area contributed by atoms with E-state index in [2.05, 4.69) is 17.1 Å². The maximum atomic E-state index is 11.5. The second kappa shape index (κ2) is 2.77. The molecule has 0 N–H and O–H groups in total. The third-order valence-electron chi connectivity index (χ3n) is 4.56. The maximum absolute atomic E-state index is 11.5. The molecule has 3 nitrogen and oxygen atoms in total. The third-order valence-corrected chi connectivity index (χ3v) is 4.56. The molecule has 0 radical (unpaired) electrons. The lowest BCUT2D eigenvalue weighted by atomic mass is 9.80. The Labute approximate surface area is 94.8 Å². The minimum atomic E-state index is -0.281. The second-order valence-corrected chi connectivity index (χ2v) is 5.29. The summed E-state index contributed by atoms with van der Waals surface area (Å²) < 4.78 is 5.69. The molecule has 3 atom stereocenters. The number of esters is 1. The first kappa shape index (κ1) is 8.99. The van der Waals surface area contributed by atoms with Crippen LogP contribution >= 0.6 is 0 Å². The Morgan fingerprint density at radius 3 is 3.31 bits per heavy atom. The van der Waals surface area contributed by atoms with Gasteiger partial charge in [-0.15, -0.1) is 0 Å². The summed E-state index contributed by atoms with van der Waals surface area (Å²) in [7, 11) is 0. The van der Waals surface area contributed by atoms with Crippen LogP contribution in [-0.2, 0) is 9.53 Å². The molecule has 3 aliphatic heterocycles. The van der Waals surface area contributed by atoms with Crippen molar-refractivity contribution in [3.63, 3.8) is 0 Å². The number of piperidine rings is 1. The highest BCUT2D eigenvalue weighted by atomic mass is 16.6. The zero-order valence-electron chi connectivity index (χ0n) is 9.19. The van der Waals surface area contributed by atoms with Crippen LogP contribution in [-0.4, -0.2) is 35.1 Å². The van der Waals surface area contributed by atoms with Gasteiger partial charge in [-0.2, -0.15) is 0 Å². The summed E-state index contributed by atoms with van der Waals surface area (Å²) in [4.78, 5) is 14.1. The van der Waals surface area contributed by atoms with Gasteiger partial charge in [0, 0.05) is 24.1 Å². The van der Waals surface area contributed by atoms with Gasteiger partial charge in [0.25, 0.3) is 0 Å². The number of rotatable bonds is 0. The molecule has 16 heavy (non-hydrogen) atoms. The van der Waals surface area contributed by atoms with Gasteiger partial charge in [-0.25, -0.2) is 4.79 Å². The quantitative estimate of drug-likeness (QED) is 0.574. The lowest BCUT2D eigenvalue weighted by Gasteiger charge is -2.37. The molecule has 1 aliphatic carbocycles. The first-order chi connectivity index (χ1) is 7.79. The van der Waals surface area contributed by atoms with E-state index in [4.69, 9.17) is 4.74 Å². The minimum Gasteiger partial charge on any atom is -0.449 e. The Kier molecular flexibility index (Phi) is 1.56. The molecule has 4 rings (SSSR count). The third kappa shape index (κ3) is 0.908. The molecule has 84 valence electrons. The van der Waals surface area contributed by atoms with E-state index in [9.17, 15) is 4.79 Å². The van der Waals surface area contributed by atoms with E-state index in [0.29, 0.717) is 12.1 Å². The normalized spacial score (nSPS) is 45.0. The first-order valence-electron chi connectivity index (χ1n) is 6.19. The van der Waals surface area contributed by atoms with Gasteiger partial charge < -0.3 is 4.74 Å². The Morgan fingerprint density at radius 1 is 1.44 bits per heavy atom. The van der Waals surface area contributed by atoms with Gasteiger partial charge in [0.1, 0.15) is 0 Å². The molecular weight excluding hydrogens is 202 g/mol. The average Bonchev–Trinajstić information content (AvgIpc) is 2.76. The van der Waals surface area contributed by atoms with E-state index in [0.717, 1.165) is 18.5 Å². The van der Waals surface area contributed by atoms with Crippen molar-refractivity contribution in [1.82, 2.24) is 4.90 Å². The van der Waals surface area contributed by atoms with Crippen LogP contribution in [0.1, 0.15) is 25.7 Å². The van der Waals surface area contributed by atoms with E-state index >= 15 is 0 Å². The Bertz CT molecular complexity index is 426. The Morgan fingerprint density at radius 2 is 2.38 bits per heavy atom. The molecule has 2 bridgehead atoms. The highest BCUT2D eigenvalue weighted by Gasteiger charge is 2.59. The van der Waals surface area contributed by atoms with Crippen molar-refractivity contribution in [3.8, 4) is 0 Å². The van der Waals surface area contributed by atoms with E-state index in [1.165, 1.54) is 19.3 Å². The molecule has 0 aromatic carbocycles. The van der Waals surface area contributed by atoms with Crippen molar-refractivity contribution in [2.75, 3.05) is 6.54 Å². The summed E-state index contributed by atoms with van der Waals surface area (Å²) in [6, 6.07) is 0.923. The largest absolute Gasteiger partial charge is 0.449 e. The smallest absolute Gasteiger partial charge is 0.332 e. The Balaban J connectivity index is 1.84. The van der Waals surface area contributed by atoms with Gasteiger partial charge in [-0.3, -0.25) is 4.90 Å². The van der Waals surface area contributed by atoms with Crippen molar-refractivity contribution in [2.24, 2.45) is 0 Å². The van der Waals surface area contributed by atoms with E-state index < -0.39 is 0 Å². The number of carbonyl (C=O) groups is 1. The van der Waals surface area contributed by atoms with E-state index in [-0.39, 0.29) is 11.6 Å². The average molecular weight is 217 g/mol. The van der Waals surface area contributed by atoms with Crippen LogP contribution in [0.5, 0.6) is 0 Å². The molecular formula is C13H15NO2. The molecule has 0 saturated carbocycles. The molecule has 0 aromatic heterocycles. The molecule has 3 heterocycles. The summed E-state index contributed by atoms with van der Waals surface area (Å²) >= 11 is 0. The molecule has 0 amide bonds. The standard InChI is InChI=1S/C13H15NO2/c15-12-7-9-4-5-10-8-13(9,16-12)11-3-1-2-6-14(10)11/h4-5,7,10-11H,1-3,6,8H2/t10-,11+,13+/m0/s1. The number of nitrogens with zero attached hydrogens (tertiary/aromatic N) is 1. The topological polar surface area (TPSA) is 29.5 Å². The molecule has 4 aliphatic rings. The van der Waals surface area contributed by atoms with Crippen LogP contribution in [0.3, 0.4) is 0 Å². The number of hydrogen-bond acceptors (Lipinski definition) is 3. The predicted octanol–water partition coefficient (Wildman–Crippen LogP) is 1.41. The van der Waals surface area contributed by atoms with E-state index in [1.807, 2.05) is 0 Å². The summed E-state index contributed by atoms with van der Waals surface area (Å²) in [6.45, 7) is 1.16. The van der Waals surface area contributed by atoms with Crippen molar-refractivity contribution >= 4 is 5.97 Å². The van der Waals surface area contributed by atoms with Crippen LogP contribution in [0.4, 0.5) is 0 Å². The lowest BCUT2D eigenvalue weighted by Crippen LogP contribution is -2.48. The van der Waals surface area contributed by atoms with Crippen LogP contribution in [0, 0.1) is 0 Å². The SMILES string of the molecule is O=C1C=C2C=C[C@H]3C[C@]2(O1)[C@H]1CCCCN31. The fraction of sp³-hybridized carbons (Fsp3) is 0.615. The molecule has 2 fully saturated rings. The molecule has 1 spiro atoms. The van der Waals surface area contributed by atoms with Crippen molar-refractivity contribution in [2.45, 2.75) is 43.4 Å². The van der Waals surface area contributed by atoms with Gasteiger partial charge in [0.2, 0.25) is 0 Å². The zero-order valence-corrected chi connectivity index (χ0v) is 9.19. The molecule has 0 aromatic rings. The van der Waals surface area contributed by atoms with Gasteiger partial charge in [0.05, 0.1) is 6.04 Å². The first-order valence-corrected chi connectivity index (χ1v) is 6.19. The Hall–Kier alpha value is -1.09. The van der Waals surface area contributed by atoms with Crippen LogP contribution < -0.4 is 0 Å². The van der Waals surface area contributed by atoms with Gasteiger partial charge in [0.15, 0.2) is 5.60 Å². The fourth-order valence-corrected chi connectivity index (χ4v) is 3.94. The molecule has 3 heteroatoms. The fourth-order valence-electron chi connectivity index (χ4n) is 3.94. The number of hydrogen-bond donors (Lipinski definition) is 0. The van der Waals surface area contributed by atoms with Crippen molar-refractivity contribution in [1.29, 1.82) is 0 Å². The highest BCUT2D eigenvalue weighted by molar-refractivity contribution is 5.88. The lowest BCUT2D eigenvalue weighted by molar-refractivity contribution is -0.148. The predicted molar refractivity (Wildman–Crippen MR) is 58.8 cm³/mol. The maximum Gasteiger partial charge on any atom is 0.332 e. The zero-order chi connectivity index (χ0) is 10.8. The highest BCUT2D eigenvalue weighted by Crippen LogP contribution is 2.51. The number of fused-ring (bicyclic) bond motifs is 3. The molecule has 2 saturated heterocycles. The van der Waals surface area contributed by atoms with Crippen LogP contribution in [0.2, 0.25) is 0 Å². The molecule has 0 unspecified atom stereocenters. The van der Waals surface area contributed by atoms with Crippen LogP contribution in [0.15, 0.2) is 23.8 Å². The monoisotopic (exact) mass is 217 g/mol. The summed E-state index contributed by atoms with van der Waals surface area (Å²) in [5.41, 5.74) is 0.833. The van der Waals surface area contributed by atoms with Gasteiger partial charge >= 0.3 is 5.97 Å². The van der Waals surface area contributed by atoms with E-state index in [1.54, 1.807) is 6.08 Å². The van der Waals surface area contributed by atoms with Gasteiger partial charge in [-0.05, 0) is 19.4 Å². The van der Waals surface area contributed by atoms with Crippen molar-refractivity contribution in [3.05, 3.63) is 23.8 Å².